The highest BCUT2D eigenvalue weighted by atomic mass is 16.5. The van der Waals surface area contributed by atoms with Crippen LogP contribution in [0.25, 0.3) is 0 Å². The van der Waals surface area contributed by atoms with Crippen molar-refractivity contribution in [3.05, 3.63) is 59.2 Å². The maximum absolute atomic E-state index is 12.9. The molecule has 3 heteroatoms. The van der Waals surface area contributed by atoms with Gasteiger partial charge in [-0.25, -0.2) is 0 Å². The molecule has 0 aliphatic rings. The summed E-state index contributed by atoms with van der Waals surface area (Å²) in [4.78, 5) is 12.9. The minimum Gasteiger partial charge on any atom is -0.490 e. The highest BCUT2D eigenvalue weighted by Gasteiger charge is 2.21. The summed E-state index contributed by atoms with van der Waals surface area (Å²) < 4.78 is 5.83. The van der Waals surface area contributed by atoms with Crippen LogP contribution in [0.3, 0.4) is 0 Å². The Morgan fingerprint density at radius 2 is 1.65 bits per heavy atom. The SMILES string of the molecule is CC(C)Oc1ccc(C(C)(C)C)cc1C(=O)c1ccc(N)cc1. The molecule has 3 nitrogen and oxygen atoms in total. The molecule has 0 aliphatic heterocycles. The summed E-state index contributed by atoms with van der Waals surface area (Å²) in [7, 11) is 0. The third kappa shape index (κ3) is 4.13. The molecule has 0 saturated carbocycles. The molecular formula is C20H25NO2. The Balaban J connectivity index is 2.51. The molecule has 0 fully saturated rings. The fourth-order valence-corrected chi connectivity index (χ4v) is 2.32. The van der Waals surface area contributed by atoms with Gasteiger partial charge in [0.15, 0.2) is 5.78 Å². The Morgan fingerprint density at radius 3 is 2.17 bits per heavy atom. The summed E-state index contributed by atoms with van der Waals surface area (Å²) in [5.74, 6) is 0.571. The van der Waals surface area contributed by atoms with E-state index < -0.39 is 0 Å². The van der Waals surface area contributed by atoms with E-state index in [2.05, 4.69) is 20.8 Å². The van der Waals surface area contributed by atoms with E-state index in [9.17, 15) is 4.79 Å². The van der Waals surface area contributed by atoms with Crippen molar-refractivity contribution in [2.24, 2.45) is 0 Å². The maximum Gasteiger partial charge on any atom is 0.196 e. The smallest absolute Gasteiger partial charge is 0.196 e. The van der Waals surface area contributed by atoms with Gasteiger partial charge in [-0.1, -0.05) is 26.8 Å². The number of rotatable bonds is 4. The molecule has 0 aromatic heterocycles. The number of nitrogens with two attached hydrogens (primary N) is 1. The van der Waals surface area contributed by atoms with Crippen molar-refractivity contribution < 1.29 is 9.53 Å². The first-order valence-electron chi connectivity index (χ1n) is 7.90. The van der Waals surface area contributed by atoms with Gasteiger partial charge in [-0.2, -0.15) is 0 Å². The number of carbonyl (C=O) groups excluding carboxylic acids is 1. The van der Waals surface area contributed by atoms with Crippen LogP contribution in [0.5, 0.6) is 5.75 Å². The first-order valence-corrected chi connectivity index (χ1v) is 7.90. The number of hydrogen-bond donors (Lipinski definition) is 1. The molecule has 2 aromatic rings. The predicted octanol–water partition coefficient (Wildman–Crippen LogP) is 4.58. The summed E-state index contributed by atoms with van der Waals surface area (Å²) in [5, 5.41) is 0. The Morgan fingerprint density at radius 1 is 1.04 bits per heavy atom. The van der Waals surface area contributed by atoms with Crippen molar-refractivity contribution >= 4 is 11.5 Å². The van der Waals surface area contributed by atoms with Crippen molar-refractivity contribution in [2.45, 2.75) is 46.1 Å². The van der Waals surface area contributed by atoms with Crippen LogP contribution >= 0.6 is 0 Å². The second-order valence-electron chi connectivity index (χ2n) is 7.08. The predicted molar refractivity (Wildman–Crippen MR) is 95.2 cm³/mol. The zero-order chi connectivity index (χ0) is 17.2. The third-order valence-corrected chi connectivity index (χ3v) is 3.63. The average Bonchev–Trinajstić information content (AvgIpc) is 2.46. The summed E-state index contributed by atoms with van der Waals surface area (Å²) in [6, 6.07) is 12.8. The molecule has 122 valence electrons. The maximum atomic E-state index is 12.9. The van der Waals surface area contributed by atoms with Gasteiger partial charge in [0.2, 0.25) is 0 Å². The van der Waals surface area contributed by atoms with Crippen LogP contribution < -0.4 is 10.5 Å². The average molecular weight is 311 g/mol. The lowest BCUT2D eigenvalue weighted by Gasteiger charge is -2.22. The Labute approximate surface area is 138 Å². The topological polar surface area (TPSA) is 52.3 Å². The lowest BCUT2D eigenvalue weighted by molar-refractivity contribution is 0.103. The molecular weight excluding hydrogens is 286 g/mol. The molecule has 0 saturated heterocycles. The lowest BCUT2D eigenvalue weighted by atomic mass is 9.85. The fraction of sp³-hybridized carbons (Fsp3) is 0.350. The van der Waals surface area contributed by atoms with E-state index in [1.807, 2.05) is 32.0 Å². The van der Waals surface area contributed by atoms with Crippen molar-refractivity contribution in [2.75, 3.05) is 5.73 Å². The molecule has 0 aliphatic carbocycles. The molecule has 0 spiro atoms. The van der Waals surface area contributed by atoms with Gasteiger partial charge in [0, 0.05) is 11.3 Å². The van der Waals surface area contributed by atoms with Gasteiger partial charge in [-0.3, -0.25) is 4.79 Å². The second kappa shape index (κ2) is 6.45. The number of anilines is 1. The molecule has 23 heavy (non-hydrogen) atoms. The van der Waals surface area contributed by atoms with Crippen LogP contribution in [0.2, 0.25) is 0 Å². The number of ether oxygens (including phenoxy) is 1. The normalized spacial score (nSPS) is 11.6. The molecule has 2 rings (SSSR count). The van der Waals surface area contributed by atoms with Crippen molar-refractivity contribution in [1.29, 1.82) is 0 Å². The molecule has 0 atom stereocenters. The minimum absolute atomic E-state index is 0.00783. The number of benzene rings is 2. The van der Waals surface area contributed by atoms with Crippen LogP contribution in [0.1, 0.15) is 56.1 Å². The molecule has 2 aromatic carbocycles. The highest BCUT2D eigenvalue weighted by Crippen LogP contribution is 2.30. The van der Waals surface area contributed by atoms with Crippen LogP contribution in [0.4, 0.5) is 5.69 Å². The van der Waals surface area contributed by atoms with Gasteiger partial charge in [0.05, 0.1) is 11.7 Å². The van der Waals surface area contributed by atoms with Gasteiger partial charge >= 0.3 is 0 Å². The van der Waals surface area contributed by atoms with Gasteiger partial charge in [-0.05, 0) is 61.2 Å². The number of ketones is 1. The lowest BCUT2D eigenvalue weighted by Crippen LogP contribution is -2.15. The Kier molecular flexibility index (Phi) is 4.79. The Hall–Kier alpha value is -2.29. The quantitative estimate of drug-likeness (QED) is 0.664. The van der Waals surface area contributed by atoms with E-state index in [1.165, 1.54) is 0 Å². The highest BCUT2D eigenvalue weighted by molar-refractivity contribution is 6.11. The summed E-state index contributed by atoms with van der Waals surface area (Å²) in [5.41, 5.74) is 8.62. The molecule has 0 bridgehead atoms. The van der Waals surface area contributed by atoms with Crippen LogP contribution in [-0.2, 0) is 5.41 Å². The van der Waals surface area contributed by atoms with Crippen LogP contribution in [-0.4, -0.2) is 11.9 Å². The molecule has 2 N–H and O–H groups in total. The molecule has 0 unspecified atom stereocenters. The first kappa shape index (κ1) is 17.1. The van der Waals surface area contributed by atoms with E-state index in [0.29, 0.717) is 22.6 Å². The molecule has 0 amide bonds. The molecule has 0 radical (unpaired) electrons. The van der Waals surface area contributed by atoms with Crippen molar-refractivity contribution in [1.82, 2.24) is 0 Å². The summed E-state index contributed by atoms with van der Waals surface area (Å²) in [6.07, 6.45) is 0.00783. The van der Waals surface area contributed by atoms with E-state index in [-0.39, 0.29) is 17.3 Å². The number of nitrogen functional groups attached to an aromatic ring is 1. The minimum atomic E-state index is -0.0493. The number of carbonyl (C=O) groups is 1. The van der Waals surface area contributed by atoms with E-state index >= 15 is 0 Å². The monoisotopic (exact) mass is 311 g/mol. The van der Waals surface area contributed by atoms with E-state index in [4.69, 9.17) is 10.5 Å². The molecule has 0 heterocycles. The van der Waals surface area contributed by atoms with Gasteiger partial charge in [-0.15, -0.1) is 0 Å². The largest absolute Gasteiger partial charge is 0.490 e. The van der Waals surface area contributed by atoms with Crippen LogP contribution in [0.15, 0.2) is 42.5 Å². The fourth-order valence-electron chi connectivity index (χ4n) is 2.32. The van der Waals surface area contributed by atoms with Crippen molar-refractivity contribution in [3.63, 3.8) is 0 Å². The van der Waals surface area contributed by atoms with Gasteiger partial charge in [0.1, 0.15) is 5.75 Å². The summed E-state index contributed by atoms with van der Waals surface area (Å²) in [6.45, 7) is 10.3. The van der Waals surface area contributed by atoms with Crippen LogP contribution in [0, 0.1) is 0 Å². The van der Waals surface area contributed by atoms with Gasteiger partial charge < -0.3 is 10.5 Å². The Bertz CT molecular complexity index is 695. The second-order valence-corrected chi connectivity index (χ2v) is 7.08. The zero-order valence-corrected chi connectivity index (χ0v) is 14.5. The number of hydrogen-bond acceptors (Lipinski definition) is 3. The summed E-state index contributed by atoms with van der Waals surface area (Å²) >= 11 is 0. The van der Waals surface area contributed by atoms with E-state index in [1.54, 1.807) is 24.3 Å². The zero-order valence-electron chi connectivity index (χ0n) is 14.5. The van der Waals surface area contributed by atoms with Gasteiger partial charge in [0.25, 0.3) is 0 Å². The standard InChI is InChI=1S/C20H25NO2/c1-13(2)23-18-11-8-15(20(3,4)5)12-17(18)19(22)14-6-9-16(21)10-7-14/h6-13H,21H2,1-5H3. The van der Waals surface area contributed by atoms with E-state index in [0.717, 1.165) is 5.56 Å². The first-order chi connectivity index (χ1) is 10.7. The van der Waals surface area contributed by atoms with Crippen molar-refractivity contribution in [3.8, 4) is 5.75 Å². The third-order valence-electron chi connectivity index (χ3n) is 3.63.